The molecule has 0 aliphatic heterocycles. The van der Waals surface area contributed by atoms with Crippen molar-refractivity contribution in [2.75, 3.05) is 5.32 Å². The quantitative estimate of drug-likeness (QED) is 0.371. The van der Waals surface area contributed by atoms with Crippen molar-refractivity contribution < 1.29 is 13.2 Å². The van der Waals surface area contributed by atoms with Crippen LogP contribution >= 0.6 is 0 Å². The number of H-pyrrole nitrogens is 1. The Bertz CT molecular complexity index is 1230. The Morgan fingerprint density at radius 2 is 1.68 bits per heavy atom. The molecule has 0 spiro atoms. The molecule has 2 aromatic carbocycles. The van der Waals surface area contributed by atoms with Crippen LogP contribution in [0.3, 0.4) is 0 Å². The predicted octanol–water partition coefficient (Wildman–Crippen LogP) is 4.83. The van der Waals surface area contributed by atoms with E-state index in [1.807, 2.05) is 55.5 Å². The molecule has 0 saturated carbocycles. The molecule has 2 aromatic heterocycles. The van der Waals surface area contributed by atoms with Gasteiger partial charge in [-0.2, -0.15) is 18.4 Å². The van der Waals surface area contributed by atoms with Gasteiger partial charge in [0.05, 0.1) is 0 Å². The minimum absolute atomic E-state index is 0. The van der Waals surface area contributed by atoms with Crippen LogP contribution in [-0.2, 0) is 19.1 Å². The van der Waals surface area contributed by atoms with E-state index in [9.17, 15) is 13.2 Å². The van der Waals surface area contributed by atoms with Crippen LogP contribution in [0.15, 0.2) is 48.5 Å². The summed E-state index contributed by atoms with van der Waals surface area (Å²) in [6, 6.07) is 15.5. The number of anilines is 1. The fourth-order valence-corrected chi connectivity index (χ4v) is 3.61. The van der Waals surface area contributed by atoms with Gasteiger partial charge in [-0.3, -0.25) is 0 Å². The first kappa shape index (κ1) is 25.8. The monoisotopic (exact) mass is 476 g/mol. The van der Waals surface area contributed by atoms with E-state index in [1.165, 1.54) is 0 Å². The van der Waals surface area contributed by atoms with Crippen LogP contribution in [0.1, 0.15) is 36.0 Å². The van der Waals surface area contributed by atoms with Gasteiger partial charge in [-0.05, 0) is 35.2 Å². The second kappa shape index (κ2) is 11.1. The average molecular weight is 476 g/mol. The van der Waals surface area contributed by atoms with Crippen LogP contribution in [0.2, 0.25) is 0 Å². The number of hydrogen-bond donors (Lipinski definition) is 2. The van der Waals surface area contributed by atoms with Crippen molar-refractivity contribution >= 4 is 35.4 Å². The van der Waals surface area contributed by atoms with Crippen molar-refractivity contribution in [2.24, 2.45) is 0 Å². The Balaban J connectivity index is 0.00000324. The van der Waals surface area contributed by atoms with Crippen LogP contribution in [0, 0.1) is 6.92 Å². The van der Waals surface area contributed by atoms with E-state index in [-0.39, 0.29) is 35.4 Å². The number of aromatic nitrogens is 6. The molecule has 34 heavy (non-hydrogen) atoms. The maximum absolute atomic E-state index is 13.2. The summed E-state index contributed by atoms with van der Waals surface area (Å²) in [5.41, 5.74) is 4.71. The number of hydrogen-bond acceptors (Lipinski definition) is 6. The van der Waals surface area contributed by atoms with Crippen LogP contribution in [0.5, 0.6) is 0 Å². The average Bonchev–Trinajstić information content (AvgIpc) is 3.34. The zero-order valence-electron chi connectivity index (χ0n) is 19.1. The molecule has 171 valence electrons. The van der Waals surface area contributed by atoms with Gasteiger partial charge in [0.25, 0.3) is 0 Å². The van der Waals surface area contributed by atoms with Crippen molar-refractivity contribution in [1.82, 2.24) is 30.6 Å². The molecule has 0 bridgehead atoms. The number of benzene rings is 2. The van der Waals surface area contributed by atoms with E-state index in [1.54, 1.807) is 6.92 Å². The number of aryl methyl sites for hydroxylation is 1. The molecule has 0 aliphatic rings. The van der Waals surface area contributed by atoms with Gasteiger partial charge >= 0.3 is 6.18 Å². The molecule has 4 rings (SSSR count). The van der Waals surface area contributed by atoms with Crippen LogP contribution in [-0.4, -0.2) is 60.1 Å². The number of alkyl halides is 3. The first-order chi connectivity index (χ1) is 15.9. The molecule has 0 unspecified atom stereocenters. The minimum atomic E-state index is -4.60. The molecule has 0 atom stereocenters. The summed E-state index contributed by atoms with van der Waals surface area (Å²) in [5, 5.41) is 17.3. The molecule has 0 saturated heterocycles. The van der Waals surface area contributed by atoms with Gasteiger partial charge in [0.2, 0.25) is 11.6 Å². The topological polar surface area (TPSA) is 92.3 Å². The van der Waals surface area contributed by atoms with Crippen molar-refractivity contribution in [2.45, 2.75) is 39.4 Å². The van der Waals surface area contributed by atoms with E-state index >= 15 is 0 Å². The fourth-order valence-electron chi connectivity index (χ4n) is 3.61. The van der Waals surface area contributed by atoms with Crippen molar-refractivity contribution in [3.05, 3.63) is 71.2 Å². The maximum atomic E-state index is 13.2. The molecular formula is C23H22F3N7Na. The van der Waals surface area contributed by atoms with E-state index in [4.69, 9.17) is 0 Å². The molecule has 7 nitrogen and oxygen atoms in total. The molecule has 1 radical (unpaired) electrons. The zero-order valence-corrected chi connectivity index (χ0v) is 21.1. The molecule has 0 fully saturated rings. The number of nitrogens with zero attached hydrogens (tertiary/aromatic N) is 5. The number of tetrazole rings is 1. The summed E-state index contributed by atoms with van der Waals surface area (Å²) < 4.78 is 39.6. The first-order valence-electron chi connectivity index (χ1n) is 10.5. The number of nitrogens with one attached hydrogen (secondary N) is 2. The molecular weight excluding hydrogens is 454 g/mol. The summed E-state index contributed by atoms with van der Waals surface area (Å²) in [7, 11) is 0. The summed E-state index contributed by atoms with van der Waals surface area (Å²) in [6.45, 7) is 3.88. The smallest absolute Gasteiger partial charge is 0.366 e. The normalized spacial score (nSPS) is 11.2. The Labute approximate surface area is 216 Å². The number of rotatable bonds is 7. The van der Waals surface area contributed by atoms with Gasteiger partial charge in [0, 0.05) is 52.9 Å². The van der Waals surface area contributed by atoms with Crippen LogP contribution < -0.4 is 5.32 Å². The third-order valence-corrected chi connectivity index (χ3v) is 5.21. The fraction of sp³-hybridized carbons (Fsp3) is 0.261. The van der Waals surface area contributed by atoms with Crippen LogP contribution in [0.4, 0.5) is 19.0 Å². The molecule has 4 aromatic rings. The second-order valence-corrected chi connectivity index (χ2v) is 7.54. The van der Waals surface area contributed by atoms with E-state index < -0.39 is 12.0 Å². The Kier molecular flexibility index (Phi) is 8.40. The van der Waals surface area contributed by atoms with Crippen molar-refractivity contribution in [3.63, 3.8) is 0 Å². The molecule has 0 amide bonds. The Morgan fingerprint density at radius 3 is 2.29 bits per heavy atom. The Hall–Kier alpha value is -2.82. The van der Waals surface area contributed by atoms with E-state index in [0.29, 0.717) is 30.0 Å². The second-order valence-electron chi connectivity index (χ2n) is 7.54. The van der Waals surface area contributed by atoms with Gasteiger partial charge in [-0.25, -0.2) is 9.97 Å². The predicted molar refractivity (Wildman–Crippen MR) is 124 cm³/mol. The third kappa shape index (κ3) is 5.81. The summed E-state index contributed by atoms with van der Waals surface area (Å²) >= 11 is 0. The van der Waals surface area contributed by atoms with E-state index in [0.717, 1.165) is 28.7 Å². The van der Waals surface area contributed by atoms with Gasteiger partial charge < -0.3 is 5.32 Å². The van der Waals surface area contributed by atoms with Gasteiger partial charge in [0.15, 0.2) is 0 Å². The van der Waals surface area contributed by atoms with E-state index in [2.05, 4.69) is 35.9 Å². The van der Waals surface area contributed by atoms with Crippen molar-refractivity contribution in [3.8, 4) is 22.5 Å². The van der Waals surface area contributed by atoms with Gasteiger partial charge in [-0.15, -0.1) is 10.2 Å². The Morgan fingerprint density at radius 1 is 0.971 bits per heavy atom. The van der Waals surface area contributed by atoms with Crippen LogP contribution in [0.25, 0.3) is 22.5 Å². The first-order valence-corrected chi connectivity index (χ1v) is 10.5. The van der Waals surface area contributed by atoms with Crippen molar-refractivity contribution in [1.29, 1.82) is 0 Å². The largest absolute Gasteiger partial charge is 0.451 e. The number of aromatic amines is 1. The zero-order chi connectivity index (χ0) is 23.4. The maximum Gasteiger partial charge on any atom is 0.451 e. The third-order valence-electron chi connectivity index (χ3n) is 5.21. The molecule has 2 N–H and O–H groups in total. The minimum Gasteiger partial charge on any atom is -0.366 e. The molecule has 2 heterocycles. The number of halogens is 3. The standard InChI is InChI=1S/C23H22F3N7.Na/c1-3-6-17-14(2)28-22(23(24,25)26)29-20(17)27-13-15-9-11-16(12-10-15)18-7-4-5-8-19(18)21-30-32-33-31-21;/h4-5,7-12H,3,6,13H2,1-2H3,(H,27,28,29)(H,30,31,32,33);. The van der Waals surface area contributed by atoms with Gasteiger partial charge in [-0.1, -0.05) is 61.9 Å². The SMILES string of the molecule is CCCc1c(C)nc(C(F)(F)F)nc1NCc1ccc(-c2ccccc2-c2nn[nH]n2)cc1.[Na]. The summed E-state index contributed by atoms with van der Waals surface area (Å²) in [5.74, 6) is -0.404. The summed E-state index contributed by atoms with van der Waals surface area (Å²) in [4.78, 5) is 7.43. The van der Waals surface area contributed by atoms with Gasteiger partial charge in [0.1, 0.15) is 5.82 Å². The molecule has 0 aliphatic carbocycles. The molecule has 11 heteroatoms. The summed E-state index contributed by atoms with van der Waals surface area (Å²) in [6.07, 6.45) is -3.23.